The molecule has 0 aliphatic heterocycles. The van der Waals surface area contributed by atoms with Gasteiger partial charge in [-0.25, -0.2) is 0 Å². The van der Waals surface area contributed by atoms with Crippen LogP contribution in [0.5, 0.6) is 0 Å². The Bertz CT molecular complexity index is 452. The molecule has 18 heavy (non-hydrogen) atoms. The van der Waals surface area contributed by atoms with Crippen molar-refractivity contribution in [3.8, 4) is 0 Å². The van der Waals surface area contributed by atoms with Crippen molar-refractivity contribution in [2.24, 2.45) is 5.92 Å². The van der Waals surface area contributed by atoms with Crippen LogP contribution in [0.2, 0.25) is 0 Å². The molecule has 0 radical (unpaired) electrons. The lowest BCUT2D eigenvalue weighted by Crippen LogP contribution is -2.24. The minimum absolute atomic E-state index is 0.553. The second kappa shape index (κ2) is 5.82. The molecular weight excluding hydrogens is 226 g/mol. The van der Waals surface area contributed by atoms with E-state index in [0.717, 1.165) is 31.0 Å². The minimum atomic E-state index is 0.553. The van der Waals surface area contributed by atoms with E-state index in [4.69, 9.17) is 0 Å². The van der Waals surface area contributed by atoms with Gasteiger partial charge < -0.3 is 5.32 Å². The molecule has 2 rings (SSSR count). The lowest BCUT2D eigenvalue weighted by Gasteiger charge is -2.12. The highest BCUT2D eigenvalue weighted by Crippen LogP contribution is 2.08. The van der Waals surface area contributed by atoms with E-state index in [1.807, 2.05) is 30.1 Å². The number of nitrogens with one attached hydrogen (secondary N) is 2. The highest BCUT2D eigenvalue weighted by atomic mass is 15.3. The largest absolute Gasteiger partial charge is 0.312 e. The van der Waals surface area contributed by atoms with Crippen LogP contribution >= 0.6 is 0 Å². The highest BCUT2D eigenvalue weighted by Gasteiger charge is 2.07. The van der Waals surface area contributed by atoms with E-state index in [2.05, 4.69) is 34.5 Å². The van der Waals surface area contributed by atoms with E-state index in [1.165, 1.54) is 5.56 Å². The second-order valence-electron chi connectivity index (χ2n) is 4.88. The first kappa shape index (κ1) is 12.8. The molecule has 0 aliphatic rings. The molecule has 5 nitrogen and oxygen atoms in total. The normalized spacial score (nSPS) is 12.8. The molecular formula is C13H21N5. The van der Waals surface area contributed by atoms with Gasteiger partial charge in [-0.2, -0.15) is 10.2 Å². The smallest absolute Gasteiger partial charge is 0.0638 e. The van der Waals surface area contributed by atoms with E-state index in [-0.39, 0.29) is 0 Å². The van der Waals surface area contributed by atoms with Crippen molar-refractivity contribution >= 4 is 0 Å². The first-order valence-corrected chi connectivity index (χ1v) is 6.35. The van der Waals surface area contributed by atoms with Crippen LogP contribution in [0.25, 0.3) is 0 Å². The van der Waals surface area contributed by atoms with Crippen molar-refractivity contribution in [3.05, 3.63) is 35.4 Å². The van der Waals surface area contributed by atoms with Gasteiger partial charge in [-0.15, -0.1) is 0 Å². The Morgan fingerprint density at radius 2 is 2.28 bits per heavy atom. The van der Waals surface area contributed by atoms with Gasteiger partial charge in [0.05, 0.1) is 5.69 Å². The Balaban J connectivity index is 1.75. The van der Waals surface area contributed by atoms with Crippen LogP contribution in [-0.2, 0) is 13.1 Å². The molecule has 0 saturated carbocycles. The molecule has 2 aromatic rings. The third-order valence-corrected chi connectivity index (χ3v) is 3.13. The first-order valence-electron chi connectivity index (χ1n) is 6.35. The quantitative estimate of drug-likeness (QED) is 0.816. The Morgan fingerprint density at radius 3 is 2.89 bits per heavy atom. The van der Waals surface area contributed by atoms with Crippen molar-refractivity contribution in [2.75, 3.05) is 6.54 Å². The molecule has 0 bridgehead atoms. The number of H-pyrrole nitrogens is 1. The average Bonchev–Trinajstić information content (AvgIpc) is 2.93. The van der Waals surface area contributed by atoms with Crippen LogP contribution in [0.3, 0.4) is 0 Å². The molecule has 0 saturated heterocycles. The summed E-state index contributed by atoms with van der Waals surface area (Å²) in [5.41, 5.74) is 3.51. The van der Waals surface area contributed by atoms with E-state index in [0.29, 0.717) is 5.92 Å². The van der Waals surface area contributed by atoms with Gasteiger partial charge in [0.25, 0.3) is 0 Å². The fourth-order valence-corrected chi connectivity index (χ4v) is 2.07. The molecule has 2 N–H and O–H groups in total. The maximum Gasteiger partial charge on any atom is 0.0638 e. The lowest BCUT2D eigenvalue weighted by atomic mass is 10.1. The van der Waals surface area contributed by atoms with Crippen LogP contribution in [-0.4, -0.2) is 26.5 Å². The summed E-state index contributed by atoms with van der Waals surface area (Å²) in [7, 11) is 0. The van der Waals surface area contributed by atoms with Gasteiger partial charge in [0.15, 0.2) is 0 Å². The van der Waals surface area contributed by atoms with Gasteiger partial charge >= 0.3 is 0 Å². The van der Waals surface area contributed by atoms with Gasteiger partial charge in [-0.05, 0) is 32.4 Å². The standard InChI is InChI=1S/C13H21N5/c1-10(9-18-6-4-5-15-18)7-14-8-13-11(2)16-17-12(13)3/h4-6,10,14H,7-9H2,1-3H3,(H,16,17). The minimum Gasteiger partial charge on any atom is -0.312 e. The summed E-state index contributed by atoms with van der Waals surface area (Å²) in [6, 6.07) is 1.96. The molecule has 0 aliphatic carbocycles. The summed E-state index contributed by atoms with van der Waals surface area (Å²) in [4.78, 5) is 0. The Labute approximate surface area is 108 Å². The second-order valence-corrected chi connectivity index (χ2v) is 4.88. The van der Waals surface area contributed by atoms with E-state index in [1.54, 1.807) is 0 Å². The predicted molar refractivity (Wildman–Crippen MR) is 71.2 cm³/mol. The van der Waals surface area contributed by atoms with Crippen LogP contribution < -0.4 is 5.32 Å². The lowest BCUT2D eigenvalue weighted by molar-refractivity contribution is 0.421. The van der Waals surface area contributed by atoms with Gasteiger partial charge in [0.1, 0.15) is 0 Å². The van der Waals surface area contributed by atoms with Gasteiger partial charge in [-0.3, -0.25) is 9.78 Å². The number of hydrogen-bond acceptors (Lipinski definition) is 3. The summed E-state index contributed by atoms with van der Waals surface area (Å²) in [5.74, 6) is 0.553. The Kier molecular flexibility index (Phi) is 4.15. The summed E-state index contributed by atoms with van der Waals surface area (Å²) in [6.07, 6.45) is 3.82. The zero-order valence-electron chi connectivity index (χ0n) is 11.3. The van der Waals surface area contributed by atoms with E-state index < -0.39 is 0 Å². The molecule has 0 aromatic carbocycles. The number of rotatable bonds is 6. The summed E-state index contributed by atoms with van der Waals surface area (Å²) < 4.78 is 1.97. The van der Waals surface area contributed by atoms with Crippen LogP contribution in [0, 0.1) is 19.8 Å². The van der Waals surface area contributed by atoms with E-state index in [9.17, 15) is 0 Å². The number of nitrogens with zero attached hydrogens (tertiary/aromatic N) is 3. The molecule has 98 valence electrons. The SMILES string of the molecule is Cc1n[nH]c(C)c1CNCC(C)Cn1cccn1. The van der Waals surface area contributed by atoms with Crippen molar-refractivity contribution in [1.29, 1.82) is 0 Å². The average molecular weight is 247 g/mol. The molecule has 2 aromatic heterocycles. The van der Waals surface area contributed by atoms with Crippen LogP contribution in [0.15, 0.2) is 18.5 Å². The molecule has 0 amide bonds. The zero-order chi connectivity index (χ0) is 13.0. The molecule has 1 unspecified atom stereocenters. The highest BCUT2D eigenvalue weighted by molar-refractivity contribution is 5.22. The first-order chi connectivity index (χ1) is 8.66. The predicted octanol–water partition coefficient (Wildman–Crippen LogP) is 1.65. The van der Waals surface area contributed by atoms with E-state index >= 15 is 0 Å². The third-order valence-electron chi connectivity index (χ3n) is 3.13. The van der Waals surface area contributed by atoms with Crippen molar-refractivity contribution in [1.82, 2.24) is 25.3 Å². The summed E-state index contributed by atoms with van der Waals surface area (Å²) in [6.45, 7) is 9.12. The molecule has 5 heteroatoms. The van der Waals surface area contributed by atoms with Crippen molar-refractivity contribution in [3.63, 3.8) is 0 Å². The van der Waals surface area contributed by atoms with Gasteiger partial charge in [-0.1, -0.05) is 6.92 Å². The Hall–Kier alpha value is -1.62. The maximum absolute atomic E-state index is 4.22. The summed E-state index contributed by atoms with van der Waals surface area (Å²) >= 11 is 0. The summed E-state index contributed by atoms with van der Waals surface area (Å²) in [5, 5.41) is 14.9. The van der Waals surface area contributed by atoms with Crippen LogP contribution in [0.1, 0.15) is 23.9 Å². The molecule has 0 spiro atoms. The molecule has 1 atom stereocenters. The number of hydrogen-bond donors (Lipinski definition) is 2. The number of aryl methyl sites for hydroxylation is 2. The Morgan fingerprint density at radius 1 is 1.44 bits per heavy atom. The molecule has 0 fully saturated rings. The fourth-order valence-electron chi connectivity index (χ4n) is 2.07. The van der Waals surface area contributed by atoms with Crippen molar-refractivity contribution < 1.29 is 0 Å². The third kappa shape index (κ3) is 3.20. The van der Waals surface area contributed by atoms with Crippen LogP contribution in [0.4, 0.5) is 0 Å². The van der Waals surface area contributed by atoms with Gasteiger partial charge in [0.2, 0.25) is 0 Å². The maximum atomic E-state index is 4.22. The molecule has 2 heterocycles. The van der Waals surface area contributed by atoms with Crippen molar-refractivity contribution in [2.45, 2.75) is 33.9 Å². The fraction of sp³-hybridized carbons (Fsp3) is 0.538. The number of aromatic amines is 1. The topological polar surface area (TPSA) is 58.5 Å². The number of aromatic nitrogens is 4. The zero-order valence-corrected chi connectivity index (χ0v) is 11.3. The van der Waals surface area contributed by atoms with Gasteiger partial charge in [0, 0.05) is 36.7 Å². The monoisotopic (exact) mass is 247 g/mol.